The molecule has 0 radical (unpaired) electrons. The van der Waals surface area contributed by atoms with Crippen molar-refractivity contribution in [2.75, 3.05) is 6.61 Å². The lowest BCUT2D eigenvalue weighted by molar-refractivity contribution is -0.0978. The third-order valence-electron chi connectivity index (χ3n) is 3.68. The van der Waals surface area contributed by atoms with Gasteiger partial charge in [-0.25, -0.2) is 13.7 Å². The number of hydrogen-bond acceptors (Lipinski definition) is 11. The molecule has 0 bridgehead atoms. The molecule has 6 atom stereocenters. The van der Waals surface area contributed by atoms with Gasteiger partial charge in [0.1, 0.15) is 17.8 Å². The summed E-state index contributed by atoms with van der Waals surface area (Å²) in [6, 6.07) is 1.06. The Morgan fingerprint density at radius 1 is 1.23 bits per heavy atom. The molecular weight excluding hydrogens is 497 g/mol. The van der Waals surface area contributed by atoms with Crippen molar-refractivity contribution in [1.82, 2.24) is 9.55 Å². The Kier molecular flexibility index (Phi) is 7.46. The zero-order chi connectivity index (χ0) is 23.1. The normalized spacial score (nSPS) is 31.2. The van der Waals surface area contributed by atoms with E-state index < -0.39 is 59.7 Å². The Morgan fingerprint density at radius 3 is 2.37 bits per heavy atom. The molecule has 0 aromatic carbocycles. The standard InChI is InChI=1S/C10H17N2O14P3S/c1-10(15)7(14)5(24-8(10)12-3-2-6(13)11-9(12)30)4-23-28(19,20)26-29(21,22)25-27(16,17)18/h2-3,5,7-8,14-15H,4H2,1H3,(H,19,20)(H,21,22)(H,11,13,30)(H2,16,17,18)/t5-,7?,8-,10-/m1/s1. The average molecular weight is 514 g/mol. The van der Waals surface area contributed by atoms with Crippen molar-refractivity contribution >= 4 is 35.7 Å². The summed E-state index contributed by atoms with van der Waals surface area (Å²) in [5.74, 6) is 0. The van der Waals surface area contributed by atoms with Crippen LogP contribution in [0.4, 0.5) is 0 Å². The number of H-pyrrole nitrogens is 1. The van der Waals surface area contributed by atoms with E-state index in [2.05, 4.69) is 18.1 Å². The molecule has 172 valence electrons. The Balaban J connectivity index is 2.13. The van der Waals surface area contributed by atoms with E-state index in [-0.39, 0.29) is 4.77 Å². The lowest BCUT2D eigenvalue weighted by Gasteiger charge is -2.27. The van der Waals surface area contributed by atoms with Crippen LogP contribution < -0.4 is 5.56 Å². The number of hydrogen-bond donors (Lipinski definition) is 7. The number of phosphoric ester groups is 1. The first-order chi connectivity index (χ1) is 13.4. The Labute approximate surface area is 172 Å². The summed E-state index contributed by atoms with van der Waals surface area (Å²) in [6.45, 7) is 0.147. The number of aromatic nitrogens is 2. The highest BCUT2D eigenvalue weighted by Crippen LogP contribution is 2.66. The van der Waals surface area contributed by atoms with E-state index in [1.54, 1.807) is 0 Å². The minimum Gasteiger partial charge on any atom is -0.387 e. The van der Waals surface area contributed by atoms with E-state index in [1.807, 2.05) is 0 Å². The summed E-state index contributed by atoms with van der Waals surface area (Å²) in [7, 11) is -16.7. The molecule has 1 aliphatic heterocycles. The second-order valence-electron chi connectivity index (χ2n) is 6.10. The van der Waals surface area contributed by atoms with Gasteiger partial charge in [0.15, 0.2) is 11.0 Å². The summed E-state index contributed by atoms with van der Waals surface area (Å²) in [5.41, 5.74) is -2.58. The highest BCUT2D eigenvalue weighted by molar-refractivity contribution is 7.71. The average Bonchev–Trinajstić information content (AvgIpc) is 2.73. The van der Waals surface area contributed by atoms with Crippen molar-refractivity contribution in [2.45, 2.75) is 31.0 Å². The van der Waals surface area contributed by atoms with Crippen molar-refractivity contribution in [3.05, 3.63) is 27.4 Å². The third kappa shape index (κ3) is 6.45. The fourth-order valence-electron chi connectivity index (χ4n) is 2.46. The Morgan fingerprint density at radius 2 is 1.83 bits per heavy atom. The van der Waals surface area contributed by atoms with Gasteiger partial charge in [0, 0.05) is 12.3 Å². The van der Waals surface area contributed by atoms with E-state index in [9.17, 15) is 33.6 Å². The molecule has 1 saturated heterocycles. The summed E-state index contributed by atoms with van der Waals surface area (Å²) >= 11 is 4.95. The van der Waals surface area contributed by atoms with Crippen molar-refractivity contribution in [2.24, 2.45) is 0 Å². The smallest absolute Gasteiger partial charge is 0.387 e. The number of aliphatic hydroxyl groups excluding tert-OH is 1. The fourth-order valence-corrected chi connectivity index (χ4v) is 5.75. The molecule has 2 heterocycles. The monoisotopic (exact) mass is 514 g/mol. The van der Waals surface area contributed by atoms with Gasteiger partial charge in [-0.05, 0) is 19.1 Å². The van der Waals surface area contributed by atoms with E-state index in [0.29, 0.717) is 0 Å². The number of aliphatic hydroxyl groups is 2. The van der Waals surface area contributed by atoms with Crippen LogP contribution in [0.25, 0.3) is 0 Å². The van der Waals surface area contributed by atoms with Gasteiger partial charge in [-0.3, -0.25) is 18.9 Å². The predicted octanol–water partition coefficient (Wildman–Crippen LogP) is -0.742. The molecule has 1 fully saturated rings. The lowest BCUT2D eigenvalue weighted by atomic mass is 9.96. The maximum absolute atomic E-state index is 11.8. The molecule has 30 heavy (non-hydrogen) atoms. The number of rotatable bonds is 8. The zero-order valence-corrected chi connectivity index (χ0v) is 18.2. The molecule has 0 saturated carbocycles. The SMILES string of the molecule is C[C@@]1(O)C(O)[C@@H](COP(=O)(O)OP(=O)(O)OP(=O)(O)O)O[C@H]1n1ccc(=O)[nH]c1=S. The van der Waals surface area contributed by atoms with Crippen molar-refractivity contribution in [3.63, 3.8) is 0 Å². The predicted molar refractivity (Wildman–Crippen MR) is 96.2 cm³/mol. The van der Waals surface area contributed by atoms with Crippen LogP contribution in [0.3, 0.4) is 0 Å². The second kappa shape index (κ2) is 8.73. The molecule has 0 amide bonds. The van der Waals surface area contributed by atoms with Gasteiger partial charge in [0.25, 0.3) is 5.56 Å². The minimum absolute atomic E-state index is 0.173. The summed E-state index contributed by atoms with van der Waals surface area (Å²) in [6.07, 6.45) is -3.48. The fraction of sp³-hybridized carbons (Fsp3) is 0.600. The Bertz CT molecular complexity index is 1050. The maximum atomic E-state index is 11.8. The number of nitrogens with one attached hydrogen (secondary N) is 1. The molecule has 0 spiro atoms. The van der Waals surface area contributed by atoms with Gasteiger partial charge >= 0.3 is 23.5 Å². The zero-order valence-electron chi connectivity index (χ0n) is 14.7. The van der Waals surface area contributed by atoms with Crippen LogP contribution in [0.5, 0.6) is 0 Å². The van der Waals surface area contributed by atoms with Crippen molar-refractivity contribution < 1.29 is 61.4 Å². The van der Waals surface area contributed by atoms with Crippen LogP contribution in [0.2, 0.25) is 0 Å². The molecule has 16 nitrogen and oxygen atoms in total. The number of ether oxygens (including phenoxy) is 1. The molecule has 20 heteroatoms. The number of phosphoric acid groups is 3. The first-order valence-corrected chi connectivity index (χ1v) is 12.5. The molecule has 0 aliphatic carbocycles. The van der Waals surface area contributed by atoms with Crippen LogP contribution in [-0.4, -0.2) is 63.8 Å². The van der Waals surface area contributed by atoms with Crippen LogP contribution in [0.1, 0.15) is 13.2 Å². The van der Waals surface area contributed by atoms with Crippen LogP contribution in [-0.2, 0) is 31.6 Å². The molecule has 3 unspecified atom stereocenters. The third-order valence-corrected chi connectivity index (χ3v) is 7.79. The quantitative estimate of drug-likeness (QED) is 0.167. The maximum Gasteiger partial charge on any atom is 0.490 e. The van der Waals surface area contributed by atoms with Gasteiger partial charge in [0.2, 0.25) is 0 Å². The molecular formula is C10H17N2O14P3S. The van der Waals surface area contributed by atoms with Crippen molar-refractivity contribution in [1.29, 1.82) is 0 Å². The lowest BCUT2D eigenvalue weighted by Crippen LogP contribution is -2.44. The first kappa shape index (κ1) is 25.6. The van der Waals surface area contributed by atoms with Gasteiger partial charge in [-0.2, -0.15) is 8.62 Å². The molecule has 1 aromatic heterocycles. The van der Waals surface area contributed by atoms with E-state index in [1.165, 1.54) is 0 Å². The van der Waals surface area contributed by atoms with E-state index in [0.717, 1.165) is 23.8 Å². The van der Waals surface area contributed by atoms with E-state index >= 15 is 0 Å². The summed E-state index contributed by atoms with van der Waals surface area (Å²) < 4.78 is 51.5. The largest absolute Gasteiger partial charge is 0.490 e. The van der Waals surface area contributed by atoms with Gasteiger partial charge in [-0.15, -0.1) is 0 Å². The van der Waals surface area contributed by atoms with E-state index in [4.69, 9.17) is 31.6 Å². The Hall–Kier alpha value is -0.610. The van der Waals surface area contributed by atoms with Crippen LogP contribution in [0.15, 0.2) is 17.1 Å². The highest BCUT2D eigenvalue weighted by Gasteiger charge is 2.54. The summed E-state index contributed by atoms with van der Waals surface area (Å²) in [5, 5.41) is 20.8. The highest BCUT2D eigenvalue weighted by atomic mass is 32.1. The number of nitrogens with zero attached hydrogens (tertiary/aromatic N) is 1. The van der Waals surface area contributed by atoms with Gasteiger partial charge in [0.05, 0.1) is 6.61 Å². The molecule has 1 aliphatic rings. The second-order valence-corrected chi connectivity index (χ2v) is 10.9. The van der Waals surface area contributed by atoms with Crippen LogP contribution >= 0.6 is 35.7 Å². The topological polar surface area (TPSA) is 247 Å². The number of aromatic amines is 1. The van der Waals surface area contributed by atoms with Gasteiger partial charge < -0.3 is 34.5 Å². The van der Waals surface area contributed by atoms with Crippen molar-refractivity contribution in [3.8, 4) is 0 Å². The summed E-state index contributed by atoms with van der Waals surface area (Å²) in [4.78, 5) is 49.0. The molecule has 1 aromatic rings. The molecule has 7 N–H and O–H groups in total. The van der Waals surface area contributed by atoms with Gasteiger partial charge in [-0.1, -0.05) is 0 Å². The minimum atomic E-state index is -5.71. The first-order valence-electron chi connectivity index (χ1n) is 7.59. The van der Waals surface area contributed by atoms with Crippen LogP contribution in [0, 0.1) is 4.77 Å². The molecule has 2 rings (SSSR count).